The van der Waals surface area contributed by atoms with Gasteiger partial charge in [-0.15, -0.1) is 0 Å². The molecule has 134 valence electrons. The molecule has 4 aromatic rings. The molecule has 0 unspecified atom stereocenters. The van der Waals surface area contributed by atoms with Crippen LogP contribution in [0.25, 0.3) is 10.9 Å². The standard InChI is InChI=1S/C18H14N6O3/c25-24(26)16-17(20-10-12-4-3-9-27-12)21-11-22-18(16)23-15-7-1-6-14-13(15)5-2-8-19-14/h1-9,11H,10H2,(H2,20,21,22,23). The number of aromatic nitrogens is 3. The van der Waals surface area contributed by atoms with Crippen molar-refractivity contribution in [3.63, 3.8) is 0 Å². The highest BCUT2D eigenvalue weighted by Gasteiger charge is 2.23. The Labute approximate surface area is 153 Å². The van der Waals surface area contributed by atoms with Crippen molar-refractivity contribution in [1.82, 2.24) is 15.0 Å². The number of nitrogens with zero attached hydrogens (tertiary/aromatic N) is 4. The van der Waals surface area contributed by atoms with Crippen molar-refractivity contribution in [3.05, 3.63) is 77.1 Å². The quantitative estimate of drug-likeness (QED) is 0.392. The molecule has 0 fully saturated rings. The maximum atomic E-state index is 11.7. The average Bonchev–Trinajstić information content (AvgIpc) is 3.20. The number of benzene rings is 1. The highest BCUT2D eigenvalue weighted by Crippen LogP contribution is 2.33. The van der Waals surface area contributed by atoms with E-state index in [0.717, 1.165) is 10.9 Å². The number of hydrogen-bond donors (Lipinski definition) is 2. The third kappa shape index (κ3) is 3.38. The Morgan fingerprint density at radius 1 is 1.04 bits per heavy atom. The minimum Gasteiger partial charge on any atom is -0.467 e. The molecule has 0 aliphatic heterocycles. The van der Waals surface area contributed by atoms with Crippen LogP contribution in [-0.4, -0.2) is 19.9 Å². The molecular weight excluding hydrogens is 348 g/mol. The van der Waals surface area contributed by atoms with Gasteiger partial charge in [-0.1, -0.05) is 6.07 Å². The van der Waals surface area contributed by atoms with Crippen molar-refractivity contribution in [2.75, 3.05) is 10.6 Å². The van der Waals surface area contributed by atoms with Crippen LogP contribution in [0, 0.1) is 10.1 Å². The van der Waals surface area contributed by atoms with Crippen LogP contribution in [0.5, 0.6) is 0 Å². The second-order valence-corrected chi connectivity index (χ2v) is 5.61. The predicted octanol–water partition coefficient (Wildman–Crippen LogP) is 3.88. The predicted molar refractivity (Wildman–Crippen MR) is 99.7 cm³/mol. The Morgan fingerprint density at radius 3 is 2.74 bits per heavy atom. The van der Waals surface area contributed by atoms with Crippen LogP contribution >= 0.6 is 0 Å². The van der Waals surface area contributed by atoms with Gasteiger partial charge in [0.25, 0.3) is 0 Å². The fourth-order valence-corrected chi connectivity index (χ4v) is 2.70. The van der Waals surface area contributed by atoms with Crippen molar-refractivity contribution in [3.8, 4) is 0 Å². The van der Waals surface area contributed by atoms with Crippen molar-refractivity contribution in [2.45, 2.75) is 6.54 Å². The number of hydrogen-bond acceptors (Lipinski definition) is 8. The molecule has 0 bridgehead atoms. The zero-order valence-corrected chi connectivity index (χ0v) is 14.0. The molecule has 0 spiro atoms. The Hall–Kier alpha value is -4.01. The van der Waals surface area contributed by atoms with Gasteiger partial charge in [0.05, 0.1) is 23.2 Å². The number of anilines is 3. The molecule has 0 saturated carbocycles. The first-order valence-corrected chi connectivity index (χ1v) is 8.09. The summed E-state index contributed by atoms with van der Waals surface area (Å²) in [5.41, 5.74) is 1.19. The summed E-state index contributed by atoms with van der Waals surface area (Å²) in [5.74, 6) is 0.832. The fraction of sp³-hybridized carbons (Fsp3) is 0.0556. The molecule has 9 nitrogen and oxygen atoms in total. The molecule has 3 aromatic heterocycles. The first-order chi connectivity index (χ1) is 13.2. The topological polar surface area (TPSA) is 119 Å². The molecule has 0 aliphatic rings. The number of nitrogens with one attached hydrogen (secondary N) is 2. The average molecular weight is 362 g/mol. The Bertz CT molecular complexity index is 1090. The molecule has 9 heteroatoms. The number of pyridine rings is 1. The molecular formula is C18H14N6O3. The minimum absolute atomic E-state index is 0.0910. The lowest BCUT2D eigenvalue weighted by Gasteiger charge is -2.11. The molecule has 0 aliphatic carbocycles. The minimum atomic E-state index is -0.518. The van der Waals surface area contributed by atoms with Gasteiger partial charge >= 0.3 is 5.69 Å². The lowest BCUT2D eigenvalue weighted by atomic mass is 10.2. The van der Waals surface area contributed by atoms with Crippen molar-refractivity contribution in [2.24, 2.45) is 0 Å². The zero-order valence-electron chi connectivity index (χ0n) is 14.0. The summed E-state index contributed by atoms with van der Waals surface area (Å²) in [6, 6.07) is 12.7. The monoisotopic (exact) mass is 362 g/mol. The third-order valence-electron chi connectivity index (χ3n) is 3.91. The molecule has 0 atom stereocenters. The molecule has 0 saturated heterocycles. The summed E-state index contributed by atoms with van der Waals surface area (Å²) in [6.45, 7) is 0.266. The molecule has 1 aromatic carbocycles. The normalized spacial score (nSPS) is 10.7. The first-order valence-electron chi connectivity index (χ1n) is 8.09. The summed E-state index contributed by atoms with van der Waals surface area (Å²) in [4.78, 5) is 23.5. The maximum Gasteiger partial charge on any atom is 0.353 e. The maximum absolute atomic E-state index is 11.7. The van der Waals surface area contributed by atoms with Gasteiger partial charge in [-0.05, 0) is 36.4 Å². The molecule has 4 rings (SSSR count). The smallest absolute Gasteiger partial charge is 0.353 e. The highest BCUT2D eigenvalue weighted by atomic mass is 16.6. The second-order valence-electron chi connectivity index (χ2n) is 5.61. The van der Waals surface area contributed by atoms with Crippen LogP contribution in [0.1, 0.15) is 5.76 Å². The van der Waals surface area contributed by atoms with Gasteiger partial charge in [0.2, 0.25) is 11.6 Å². The van der Waals surface area contributed by atoms with Gasteiger partial charge in [-0.3, -0.25) is 15.1 Å². The number of rotatable bonds is 6. The first kappa shape index (κ1) is 16.5. The van der Waals surface area contributed by atoms with Crippen LogP contribution in [0.15, 0.2) is 65.7 Å². The summed E-state index contributed by atoms with van der Waals surface area (Å²) >= 11 is 0. The second kappa shape index (κ2) is 7.08. The van der Waals surface area contributed by atoms with Crippen LogP contribution in [0.2, 0.25) is 0 Å². The highest BCUT2D eigenvalue weighted by molar-refractivity contribution is 5.93. The number of furan rings is 1. The van der Waals surface area contributed by atoms with Crippen molar-refractivity contribution < 1.29 is 9.34 Å². The lowest BCUT2D eigenvalue weighted by Crippen LogP contribution is -2.08. The molecule has 3 heterocycles. The summed E-state index contributed by atoms with van der Waals surface area (Å²) in [7, 11) is 0. The van der Waals surface area contributed by atoms with Crippen LogP contribution < -0.4 is 10.6 Å². The van der Waals surface area contributed by atoms with E-state index in [-0.39, 0.29) is 23.9 Å². The van der Waals surface area contributed by atoms with Crippen LogP contribution in [-0.2, 0) is 6.54 Å². The van der Waals surface area contributed by atoms with E-state index < -0.39 is 4.92 Å². The van der Waals surface area contributed by atoms with Gasteiger partial charge in [0.1, 0.15) is 12.1 Å². The SMILES string of the molecule is O=[N+]([O-])c1c(NCc2ccco2)ncnc1Nc1cccc2ncccc12. The Kier molecular flexibility index (Phi) is 4.32. The number of fused-ring (bicyclic) bond motifs is 1. The van der Waals surface area contributed by atoms with Gasteiger partial charge in [0, 0.05) is 17.3 Å². The zero-order chi connectivity index (χ0) is 18.6. The summed E-state index contributed by atoms with van der Waals surface area (Å²) in [6.07, 6.45) is 4.49. The Morgan fingerprint density at radius 2 is 1.93 bits per heavy atom. The number of nitro groups is 1. The van der Waals surface area contributed by atoms with Gasteiger partial charge < -0.3 is 15.1 Å². The van der Waals surface area contributed by atoms with Crippen molar-refractivity contribution >= 4 is 33.9 Å². The fourth-order valence-electron chi connectivity index (χ4n) is 2.70. The van der Waals surface area contributed by atoms with E-state index in [1.54, 1.807) is 24.4 Å². The molecule has 2 N–H and O–H groups in total. The van der Waals surface area contributed by atoms with E-state index >= 15 is 0 Å². The summed E-state index contributed by atoms with van der Waals surface area (Å²) in [5, 5.41) is 18.5. The van der Waals surface area contributed by atoms with Gasteiger partial charge in [0.15, 0.2) is 0 Å². The van der Waals surface area contributed by atoms with Crippen LogP contribution in [0.3, 0.4) is 0 Å². The van der Waals surface area contributed by atoms with Gasteiger partial charge in [-0.25, -0.2) is 9.97 Å². The van der Waals surface area contributed by atoms with E-state index in [2.05, 4.69) is 25.6 Å². The molecule has 0 radical (unpaired) electrons. The van der Waals surface area contributed by atoms with Crippen molar-refractivity contribution in [1.29, 1.82) is 0 Å². The van der Waals surface area contributed by atoms with E-state index in [1.807, 2.05) is 24.3 Å². The van der Waals surface area contributed by atoms with E-state index in [0.29, 0.717) is 11.4 Å². The molecule has 0 amide bonds. The Balaban J connectivity index is 1.69. The van der Waals surface area contributed by atoms with E-state index in [1.165, 1.54) is 12.6 Å². The van der Waals surface area contributed by atoms with Gasteiger partial charge in [-0.2, -0.15) is 0 Å². The third-order valence-corrected chi connectivity index (χ3v) is 3.91. The van der Waals surface area contributed by atoms with E-state index in [9.17, 15) is 10.1 Å². The lowest BCUT2D eigenvalue weighted by molar-refractivity contribution is -0.383. The van der Waals surface area contributed by atoms with E-state index in [4.69, 9.17) is 4.42 Å². The summed E-state index contributed by atoms with van der Waals surface area (Å²) < 4.78 is 5.23. The largest absolute Gasteiger partial charge is 0.467 e. The van der Waals surface area contributed by atoms with Crippen LogP contribution in [0.4, 0.5) is 23.0 Å². The molecule has 27 heavy (non-hydrogen) atoms.